The van der Waals surface area contributed by atoms with E-state index in [-0.39, 0.29) is 55.2 Å². The lowest BCUT2D eigenvalue weighted by Gasteiger charge is -2.30. The molecule has 1 aliphatic carbocycles. The number of cyclic esters (lactones) is 3. The Balaban J connectivity index is 0.000000297. The van der Waals surface area contributed by atoms with Crippen molar-refractivity contribution in [3.63, 3.8) is 0 Å². The number of unbranched alkanes of at least 4 members (excludes halogenated alkanes) is 3. The Morgan fingerprint density at radius 1 is 0.550 bits per heavy atom. The number of carbonyl (C=O) groups excluding carboxylic acids is 4. The van der Waals surface area contributed by atoms with E-state index < -0.39 is 30.1 Å². The average Bonchev–Trinajstić information content (AvgIpc) is 1.56. The minimum Gasteiger partial charge on any atom is -0.481 e. The zero-order valence-electron chi connectivity index (χ0n) is 62.5. The molecule has 0 bridgehead atoms. The third-order valence-electron chi connectivity index (χ3n) is 20.4. The van der Waals surface area contributed by atoms with Gasteiger partial charge in [0.1, 0.15) is 5.78 Å². The summed E-state index contributed by atoms with van der Waals surface area (Å²) in [5.41, 5.74) is 17.1. The fraction of sp³-hybridized carbons (Fsp3) is 0.500. The Kier molecular flexibility index (Phi) is 41.7. The minimum atomic E-state index is -1.02. The Morgan fingerprint density at radius 3 is 1.41 bits per heavy atom. The molecule has 0 aromatic heterocycles. The number of aliphatic hydroxyl groups excluding tert-OH is 1. The van der Waals surface area contributed by atoms with Crippen LogP contribution in [-0.2, 0) is 33.4 Å². The van der Waals surface area contributed by atoms with Crippen LogP contribution in [0.1, 0.15) is 274 Å². The summed E-state index contributed by atoms with van der Waals surface area (Å²) in [4.78, 5) is 57.1. The van der Waals surface area contributed by atoms with Gasteiger partial charge >= 0.3 is 23.9 Å². The van der Waals surface area contributed by atoms with Gasteiger partial charge in [0.15, 0.2) is 0 Å². The van der Waals surface area contributed by atoms with Crippen molar-refractivity contribution in [2.45, 2.75) is 252 Å². The van der Waals surface area contributed by atoms with Crippen LogP contribution in [0, 0.1) is 29.6 Å². The van der Waals surface area contributed by atoms with Gasteiger partial charge in [0.25, 0.3) is 0 Å². The van der Waals surface area contributed by atoms with Crippen LogP contribution >= 0.6 is 0 Å². The molecule has 5 aromatic carbocycles. The van der Waals surface area contributed by atoms with Gasteiger partial charge in [-0.25, -0.2) is 0 Å². The number of carbonyl (C=O) groups is 5. The molecule has 11 atom stereocenters. The van der Waals surface area contributed by atoms with E-state index in [4.69, 9.17) is 10.5 Å². The first-order valence-corrected chi connectivity index (χ1v) is 37.9. The van der Waals surface area contributed by atoms with Crippen molar-refractivity contribution in [2.24, 2.45) is 35.3 Å². The number of ether oxygens (including phenoxy) is 2. The number of aliphatic hydroxyl groups is 1. The van der Waals surface area contributed by atoms with Gasteiger partial charge < -0.3 is 25.4 Å². The number of esters is 3. The van der Waals surface area contributed by atoms with Gasteiger partial charge in [0.2, 0.25) is 6.29 Å². The maximum atomic E-state index is 12.7. The summed E-state index contributed by atoms with van der Waals surface area (Å²) in [5.74, 6) is -0.119. The first-order chi connectivity index (χ1) is 48.3. The normalized spacial score (nSPS) is 17.5. The zero-order chi connectivity index (χ0) is 73.0. The molecule has 2 aliphatic heterocycles. The average molecular weight is 1360 g/mol. The molecular weight excluding hydrogens is 1240 g/mol. The molecule has 2 saturated heterocycles. The highest BCUT2D eigenvalue weighted by Crippen LogP contribution is 2.42. The second kappa shape index (κ2) is 49.1. The molecular formula is C90H125NO9. The van der Waals surface area contributed by atoms with E-state index in [9.17, 15) is 34.2 Å². The maximum absolute atomic E-state index is 12.7. The highest BCUT2D eigenvalue weighted by atomic mass is 16.6. The van der Waals surface area contributed by atoms with Gasteiger partial charge in [-0.3, -0.25) is 24.0 Å². The fourth-order valence-electron chi connectivity index (χ4n) is 13.9. The Morgan fingerprint density at radius 2 is 1.01 bits per heavy atom. The van der Waals surface area contributed by atoms with Crippen LogP contribution in [0.25, 0.3) is 0 Å². The van der Waals surface area contributed by atoms with Crippen molar-refractivity contribution in [1.82, 2.24) is 0 Å². The molecule has 10 heteroatoms. The minimum absolute atomic E-state index is 0.0652. The Bertz CT molecular complexity index is 3210. The quantitative estimate of drug-likeness (QED) is 0.0150. The lowest BCUT2D eigenvalue weighted by Crippen LogP contribution is -2.29. The zero-order valence-corrected chi connectivity index (χ0v) is 62.5. The molecule has 0 spiro atoms. The van der Waals surface area contributed by atoms with Crippen LogP contribution in [0.5, 0.6) is 0 Å². The van der Waals surface area contributed by atoms with Gasteiger partial charge in [0, 0.05) is 18.8 Å². The number of nitrogens with two attached hydrogens (primary N) is 1. The van der Waals surface area contributed by atoms with E-state index in [1.165, 1.54) is 77.5 Å². The summed E-state index contributed by atoms with van der Waals surface area (Å²) in [7, 11) is 0. The molecule has 5 aromatic rings. The van der Waals surface area contributed by atoms with Crippen LogP contribution in [0.4, 0.5) is 0 Å². The summed E-state index contributed by atoms with van der Waals surface area (Å²) in [6.07, 6.45) is 28.8. The standard InChI is InChI=1S/C32H46O3.C27H34O3.C23H30.C4H11N.C4H4O3/c1-5-7-10-19-29(33)23-31(32(34)35)30(21-20-24(3)27-15-11-8-12-16-27)25(4)22-26(6-2)28-17-13-9-14-18-28;1-4-21(23-13-9-6-10-14-23)17-20(3)24(25-18-26(28)30-27(25)29)16-15-19(2)22-11-7-5-8-12-22;1-4-21(23-16-9-6-10-17-23)18-19(2)12-11-13-20(3)22-14-7-5-8-15-22;1-2-3-4-5;5-3-1-2-4(6)7-3/h8-9,11-13,15-17,24,26,30-31H,4-7,10,14,18-23H2,1-3H3,(H,34,35);5-14,19,21,24-25,27,29H,3-4,15-18H2,1-2H3;5-10,12,14-17,20-21H,4,11,13,18H2,1-3H3;2-5H2,1H3;1-2H2/b;;19-12+;;. The number of aliphatic carboxylic acids is 1. The number of hydrogen-bond acceptors (Lipinski definition) is 9. The number of rotatable bonds is 37. The number of allylic oxidation sites excluding steroid dienone is 8. The lowest BCUT2D eigenvalue weighted by molar-refractivity contribution is -0.157. The summed E-state index contributed by atoms with van der Waals surface area (Å²) in [6.45, 7) is 29.7. The van der Waals surface area contributed by atoms with Crippen molar-refractivity contribution >= 4 is 29.7 Å². The molecule has 10 nitrogen and oxygen atoms in total. The number of carboxylic acid groups (broad SMARTS) is 1. The smallest absolute Gasteiger partial charge is 0.314 e. The Labute approximate surface area is 603 Å². The predicted octanol–water partition coefficient (Wildman–Crippen LogP) is 22.6. The van der Waals surface area contributed by atoms with Crippen LogP contribution < -0.4 is 5.73 Å². The highest BCUT2D eigenvalue weighted by Gasteiger charge is 2.40. The van der Waals surface area contributed by atoms with E-state index >= 15 is 0 Å². The highest BCUT2D eigenvalue weighted by molar-refractivity contribution is 5.92. The number of benzene rings is 5. The van der Waals surface area contributed by atoms with Gasteiger partial charge in [0.05, 0.1) is 25.2 Å². The fourth-order valence-corrected chi connectivity index (χ4v) is 13.9. The van der Waals surface area contributed by atoms with E-state index in [1.807, 2.05) is 18.2 Å². The van der Waals surface area contributed by atoms with Crippen molar-refractivity contribution in [2.75, 3.05) is 6.54 Å². The Hall–Kier alpha value is -7.53. The number of ketones is 1. The molecule has 100 heavy (non-hydrogen) atoms. The molecule has 4 N–H and O–H groups in total. The molecule has 2 heterocycles. The van der Waals surface area contributed by atoms with Crippen LogP contribution in [0.3, 0.4) is 0 Å². The van der Waals surface area contributed by atoms with Crippen molar-refractivity contribution in [3.8, 4) is 0 Å². The molecule has 3 aliphatic rings. The van der Waals surface area contributed by atoms with Gasteiger partial charge in [-0.05, 0) is 191 Å². The van der Waals surface area contributed by atoms with Gasteiger partial charge in [-0.1, -0.05) is 286 Å². The van der Waals surface area contributed by atoms with Gasteiger partial charge in [-0.2, -0.15) is 0 Å². The summed E-state index contributed by atoms with van der Waals surface area (Å²) in [6, 6.07) is 53.2. The topological polar surface area (TPSA) is 170 Å². The van der Waals surface area contributed by atoms with E-state index in [1.54, 1.807) is 0 Å². The van der Waals surface area contributed by atoms with Crippen LogP contribution in [-0.4, -0.2) is 52.7 Å². The molecule has 544 valence electrons. The van der Waals surface area contributed by atoms with E-state index in [2.05, 4.69) is 238 Å². The summed E-state index contributed by atoms with van der Waals surface area (Å²) >= 11 is 0. The van der Waals surface area contributed by atoms with Crippen LogP contribution in [0.15, 0.2) is 211 Å². The molecule has 0 saturated carbocycles. The number of carboxylic acids is 1. The molecule has 0 amide bonds. The maximum Gasteiger partial charge on any atom is 0.314 e. The van der Waals surface area contributed by atoms with Crippen molar-refractivity contribution < 1.29 is 43.7 Å². The molecule has 11 unspecified atom stereocenters. The van der Waals surface area contributed by atoms with Gasteiger partial charge in [-0.15, -0.1) is 0 Å². The first kappa shape index (κ1) is 84.9. The number of hydrogen-bond donors (Lipinski definition) is 3. The monoisotopic (exact) mass is 1360 g/mol. The third kappa shape index (κ3) is 32.0. The molecule has 2 fully saturated rings. The second-order valence-corrected chi connectivity index (χ2v) is 28.1. The lowest BCUT2D eigenvalue weighted by atomic mass is 9.74. The second-order valence-electron chi connectivity index (χ2n) is 28.1. The van der Waals surface area contributed by atoms with Crippen molar-refractivity contribution in [3.05, 3.63) is 239 Å². The summed E-state index contributed by atoms with van der Waals surface area (Å²) < 4.78 is 9.17. The predicted molar refractivity (Wildman–Crippen MR) is 414 cm³/mol. The SMILES string of the molecule is C=C(CC(CC)C1=CC=CCC1)C(CCC(C)c1ccccc1)C(CC(=O)CCCCC)C(=O)O.C=C(CC(CC)c1ccccc1)C(CCC(C)c1ccccc1)C1CC(=O)OC1O.CCC(C/C(C)=C/CCC(C)c1ccccc1)c1ccccc1.CCCCN.O=C1CCC(=O)O1. The first-order valence-electron chi connectivity index (χ1n) is 37.9. The van der Waals surface area contributed by atoms with E-state index in [0.717, 1.165) is 101 Å². The number of Topliss-reactive ketones (excluding diaryl/α,β-unsaturated/α-hetero) is 1. The van der Waals surface area contributed by atoms with Crippen molar-refractivity contribution in [1.29, 1.82) is 0 Å². The van der Waals surface area contributed by atoms with Crippen LogP contribution in [0.2, 0.25) is 0 Å². The largest absolute Gasteiger partial charge is 0.481 e. The molecule has 0 radical (unpaired) electrons. The summed E-state index contributed by atoms with van der Waals surface area (Å²) in [5, 5.41) is 20.6. The molecule has 8 rings (SSSR count). The van der Waals surface area contributed by atoms with E-state index in [0.29, 0.717) is 41.9 Å². The third-order valence-corrected chi connectivity index (χ3v) is 20.4.